The Bertz CT molecular complexity index is 768. The van der Waals surface area contributed by atoms with Gasteiger partial charge in [-0.1, -0.05) is 12.1 Å². The van der Waals surface area contributed by atoms with Gasteiger partial charge in [0.15, 0.2) is 5.78 Å². The second-order valence-corrected chi connectivity index (χ2v) is 7.27. The third-order valence-electron chi connectivity index (χ3n) is 4.62. The lowest BCUT2D eigenvalue weighted by molar-refractivity contribution is -0.116. The molecule has 1 aliphatic rings. The summed E-state index contributed by atoms with van der Waals surface area (Å²) in [7, 11) is 0. The van der Waals surface area contributed by atoms with Gasteiger partial charge < -0.3 is 5.32 Å². The summed E-state index contributed by atoms with van der Waals surface area (Å²) >= 11 is 1.66. The highest BCUT2D eigenvalue weighted by Gasteiger charge is 2.14. The van der Waals surface area contributed by atoms with E-state index in [9.17, 15) is 9.59 Å². The molecule has 0 unspecified atom stereocenters. The van der Waals surface area contributed by atoms with Crippen LogP contribution in [-0.4, -0.2) is 17.9 Å². The number of thioether (sulfide) groups is 1. The minimum Gasteiger partial charge on any atom is -0.326 e. The second kappa shape index (κ2) is 8.34. The van der Waals surface area contributed by atoms with Crippen molar-refractivity contribution in [2.75, 3.05) is 11.6 Å². The Hall–Kier alpha value is -2.07. The Morgan fingerprint density at radius 3 is 2.40 bits per heavy atom. The maximum atomic E-state index is 12.4. The Kier molecular flexibility index (Phi) is 5.92. The van der Waals surface area contributed by atoms with Crippen LogP contribution in [0.1, 0.15) is 47.2 Å². The fraction of sp³-hybridized carbons (Fsp3) is 0.333. The SMILES string of the molecule is CSc1ccc(NC(=O)CCC(=O)c2ccc3c(c2)CCCC3)cc1. The van der Waals surface area contributed by atoms with Gasteiger partial charge in [0.05, 0.1) is 0 Å². The Morgan fingerprint density at radius 1 is 0.960 bits per heavy atom. The molecule has 1 aliphatic carbocycles. The van der Waals surface area contributed by atoms with E-state index in [0.717, 1.165) is 29.0 Å². The molecule has 0 bridgehead atoms. The second-order valence-electron chi connectivity index (χ2n) is 6.39. The number of amides is 1. The molecule has 0 heterocycles. The maximum Gasteiger partial charge on any atom is 0.224 e. The van der Waals surface area contributed by atoms with E-state index in [4.69, 9.17) is 0 Å². The molecular formula is C21H23NO2S. The van der Waals surface area contributed by atoms with Crippen molar-refractivity contribution >= 4 is 29.1 Å². The van der Waals surface area contributed by atoms with Crippen LogP contribution in [0.3, 0.4) is 0 Å². The first kappa shape index (κ1) is 17.7. The largest absolute Gasteiger partial charge is 0.326 e. The lowest BCUT2D eigenvalue weighted by Crippen LogP contribution is -2.14. The van der Waals surface area contributed by atoms with Gasteiger partial charge in [0, 0.05) is 29.0 Å². The highest BCUT2D eigenvalue weighted by molar-refractivity contribution is 7.98. The summed E-state index contributed by atoms with van der Waals surface area (Å²) in [6.45, 7) is 0. The molecule has 0 spiro atoms. The minimum atomic E-state index is -0.122. The summed E-state index contributed by atoms with van der Waals surface area (Å²) in [5.74, 6) is -0.0792. The Labute approximate surface area is 153 Å². The molecule has 3 nitrogen and oxygen atoms in total. The number of ketones is 1. The predicted octanol–water partition coefficient (Wildman–Crippen LogP) is 4.89. The van der Waals surface area contributed by atoms with E-state index in [1.54, 1.807) is 11.8 Å². The van der Waals surface area contributed by atoms with E-state index in [2.05, 4.69) is 11.4 Å². The number of carbonyl (C=O) groups excluding carboxylic acids is 2. The van der Waals surface area contributed by atoms with Crippen molar-refractivity contribution in [2.24, 2.45) is 0 Å². The van der Waals surface area contributed by atoms with E-state index in [-0.39, 0.29) is 24.5 Å². The summed E-state index contributed by atoms with van der Waals surface area (Å²) in [6, 6.07) is 13.7. The molecule has 0 aromatic heterocycles. The smallest absolute Gasteiger partial charge is 0.224 e. The van der Waals surface area contributed by atoms with Crippen LogP contribution in [0.2, 0.25) is 0 Å². The lowest BCUT2D eigenvalue weighted by Gasteiger charge is -2.16. The fourth-order valence-electron chi connectivity index (χ4n) is 3.18. The third kappa shape index (κ3) is 4.73. The van der Waals surface area contributed by atoms with E-state index in [1.165, 1.54) is 24.0 Å². The van der Waals surface area contributed by atoms with Crippen molar-refractivity contribution in [1.82, 2.24) is 0 Å². The summed E-state index contributed by atoms with van der Waals surface area (Å²) in [6.07, 6.45) is 7.07. The molecule has 0 saturated carbocycles. The van der Waals surface area contributed by atoms with Crippen LogP contribution in [0.15, 0.2) is 47.4 Å². The van der Waals surface area contributed by atoms with Crippen LogP contribution < -0.4 is 5.32 Å². The van der Waals surface area contributed by atoms with Crippen LogP contribution in [-0.2, 0) is 17.6 Å². The van der Waals surface area contributed by atoms with Gasteiger partial charge in [-0.3, -0.25) is 9.59 Å². The van der Waals surface area contributed by atoms with E-state index in [1.807, 2.05) is 42.7 Å². The zero-order valence-corrected chi connectivity index (χ0v) is 15.3. The highest BCUT2D eigenvalue weighted by Crippen LogP contribution is 2.23. The molecule has 0 atom stereocenters. The normalized spacial score (nSPS) is 13.2. The number of carbonyl (C=O) groups is 2. The van der Waals surface area contributed by atoms with Crippen LogP contribution >= 0.6 is 11.8 Å². The zero-order valence-electron chi connectivity index (χ0n) is 14.5. The molecule has 3 rings (SSSR count). The molecule has 25 heavy (non-hydrogen) atoms. The van der Waals surface area contributed by atoms with E-state index in [0.29, 0.717) is 0 Å². The molecule has 130 valence electrons. The third-order valence-corrected chi connectivity index (χ3v) is 5.37. The average molecular weight is 353 g/mol. The standard InChI is InChI=1S/C21H23NO2S/c1-25-19-10-8-18(9-11-19)22-21(24)13-12-20(23)17-7-6-15-4-2-3-5-16(15)14-17/h6-11,14H,2-5,12-13H2,1H3,(H,22,24). The van der Waals surface area contributed by atoms with Crippen molar-refractivity contribution in [3.63, 3.8) is 0 Å². The van der Waals surface area contributed by atoms with Crippen LogP contribution in [0.4, 0.5) is 5.69 Å². The topological polar surface area (TPSA) is 46.2 Å². The molecule has 2 aromatic rings. The number of hydrogen-bond acceptors (Lipinski definition) is 3. The molecule has 1 N–H and O–H groups in total. The first-order chi connectivity index (χ1) is 12.2. The molecule has 2 aromatic carbocycles. The van der Waals surface area contributed by atoms with Crippen molar-refractivity contribution in [3.8, 4) is 0 Å². The van der Waals surface area contributed by atoms with Crippen molar-refractivity contribution < 1.29 is 9.59 Å². The fourth-order valence-corrected chi connectivity index (χ4v) is 3.58. The quantitative estimate of drug-likeness (QED) is 0.594. The van der Waals surface area contributed by atoms with Gasteiger partial charge >= 0.3 is 0 Å². The van der Waals surface area contributed by atoms with Gasteiger partial charge in [-0.2, -0.15) is 0 Å². The predicted molar refractivity (Wildman–Crippen MR) is 104 cm³/mol. The van der Waals surface area contributed by atoms with Crippen LogP contribution in [0, 0.1) is 0 Å². The average Bonchev–Trinajstić information content (AvgIpc) is 2.66. The maximum absolute atomic E-state index is 12.4. The molecule has 0 saturated heterocycles. The number of anilines is 1. The number of nitrogens with one attached hydrogen (secondary N) is 1. The molecule has 4 heteroatoms. The number of fused-ring (bicyclic) bond motifs is 1. The van der Waals surface area contributed by atoms with Gasteiger partial charge in [0.1, 0.15) is 0 Å². The summed E-state index contributed by atoms with van der Waals surface area (Å²) < 4.78 is 0. The van der Waals surface area contributed by atoms with Crippen LogP contribution in [0.25, 0.3) is 0 Å². The van der Waals surface area contributed by atoms with Gasteiger partial charge in [0.2, 0.25) is 5.91 Å². The van der Waals surface area contributed by atoms with Crippen molar-refractivity contribution in [3.05, 3.63) is 59.2 Å². The minimum absolute atomic E-state index is 0.0428. The molecule has 1 amide bonds. The number of rotatable bonds is 6. The molecule has 0 fully saturated rings. The first-order valence-electron chi connectivity index (χ1n) is 8.74. The zero-order chi connectivity index (χ0) is 17.6. The van der Waals surface area contributed by atoms with E-state index >= 15 is 0 Å². The highest BCUT2D eigenvalue weighted by atomic mass is 32.2. The molecule has 0 aliphatic heterocycles. The lowest BCUT2D eigenvalue weighted by atomic mass is 9.89. The Balaban J connectivity index is 1.53. The summed E-state index contributed by atoms with van der Waals surface area (Å²) in [5, 5.41) is 2.85. The monoisotopic (exact) mass is 353 g/mol. The van der Waals surface area contributed by atoms with Gasteiger partial charge in [-0.25, -0.2) is 0 Å². The molecule has 0 radical (unpaired) electrons. The van der Waals surface area contributed by atoms with Crippen molar-refractivity contribution in [2.45, 2.75) is 43.4 Å². The van der Waals surface area contributed by atoms with Gasteiger partial charge in [-0.05, 0) is 73.4 Å². The van der Waals surface area contributed by atoms with Crippen molar-refractivity contribution in [1.29, 1.82) is 0 Å². The molecular weight excluding hydrogens is 330 g/mol. The van der Waals surface area contributed by atoms with Gasteiger partial charge in [0.25, 0.3) is 0 Å². The first-order valence-corrected chi connectivity index (χ1v) is 9.97. The number of Topliss-reactive ketones (excluding diaryl/α,β-unsaturated/α-hetero) is 1. The summed E-state index contributed by atoms with van der Waals surface area (Å²) in [4.78, 5) is 25.6. The number of hydrogen-bond donors (Lipinski definition) is 1. The van der Waals surface area contributed by atoms with E-state index < -0.39 is 0 Å². The number of benzene rings is 2. The van der Waals surface area contributed by atoms with Crippen LogP contribution in [0.5, 0.6) is 0 Å². The number of aryl methyl sites for hydroxylation is 2. The summed E-state index contributed by atoms with van der Waals surface area (Å²) in [5.41, 5.74) is 4.17. The van der Waals surface area contributed by atoms with Gasteiger partial charge in [-0.15, -0.1) is 11.8 Å². The Morgan fingerprint density at radius 2 is 1.68 bits per heavy atom.